The molecule has 4 heterocycles. The molecular formula is C29H40N4O5. The minimum atomic E-state index is -0.809. The average Bonchev–Trinajstić information content (AvgIpc) is 3.32. The average molecular weight is 525 g/mol. The molecule has 0 bridgehead atoms. The predicted octanol–water partition coefficient (Wildman–Crippen LogP) is 2.97. The zero-order valence-electron chi connectivity index (χ0n) is 22.8. The molecule has 1 aromatic carbocycles. The number of nitrogens with one attached hydrogen (secondary N) is 2. The van der Waals surface area contributed by atoms with Crippen molar-refractivity contribution in [2.45, 2.75) is 57.4 Å². The van der Waals surface area contributed by atoms with Gasteiger partial charge in [0.25, 0.3) is 0 Å². The normalized spacial score (nSPS) is 25.2. The van der Waals surface area contributed by atoms with E-state index in [9.17, 15) is 14.4 Å². The molecule has 2 fully saturated rings. The van der Waals surface area contributed by atoms with Gasteiger partial charge in [0.2, 0.25) is 17.7 Å². The number of H-pyrrole nitrogens is 1. The molecule has 2 aromatic rings. The Morgan fingerprint density at radius 2 is 1.95 bits per heavy atom. The van der Waals surface area contributed by atoms with E-state index < -0.39 is 17.4 Å². The molecule has 3 aliphatic heterocycles. The van der Waals surface area contributed by atoms with Crippen LogP contribution in [0.3, 0.4) is 0 Å². The predicted molar refractivity (Wildman–Crippen MR) is 144 cm³/mol. The number of hydrogen-bond donors (Lipinski definition) is 2. The maximum Gasteiger partial charge on any atom is 0.228 e. The van der Waals surface area contributed by atoms with Crippen LogP contribution in [0, 0.1) is 11.8 Å². The molecule has 3 aliphatic rings. The van der Waals surface area contributed by atoms with Crippen LogP contribution in [-0.2, 0) is 31.1 Å². The molecule has 3 amide bonds. The standard InChI is InChI=1S/C29H40N4O5/c1-29-23(28(36)32-12-5-4-6-13-32)16-19(17-25(34)30-11-7-15-37-2)27(35)33(29)14-10-21-22-18-20(38-3)8-9-24(22)31-26(21)29/h8-9,18-19,23,31H,4-7,10-17H2,1-3H3,(H,30,34)/t19?,23-,29+/m1/s1. The lowest BCUT2D eigenvalue weighted by atomic mass is 9.67. The monoisotopic (exact) mass is 524 g/mol. The van der Waals surface area contributed by atoms with Crippen LogP contribution in [0.25, 0.3) is 10.9 Å². The fourth-order valence-corrected chi connectivity index (χ4v) is 6.76. The van der Waals surface area contributed by atoms with Crippen LogP contribution < -0.4 is 10.1 Å². The van der Waals surface area contributed by atoms with E-state index >= 15 is 0 Å². The lowest BCUT2D eigenvalue weighted by Crippen LogP contribution is -2.64. The molecule has 1 aromatic heterocycles. The van der Waals surface area contributed by atoms with Crippen LogP contribution in [0.15, 0.2) is 18.2 Å². The molecule has 0 spiro atoms. The zero-order valence-corrected chi connectivity index (χ0v) is 22.8. The van der Waals surface area contributed by atoms with E-state index in [-0.39, 0.29) is 24.1 Å². The summed E-state index contributed by atoms with van der Waals surface area (Å²) in [5.74, 6) is -0.260. The van der Waals surface area contributed by atoms with Gasteiger partial charge in [-0.25, -0.2) is 0 Å². The minimum absolute atomic E-state index is 0.0378. The second-order valence-electron chi connectivity index (χ2n) is 11.0. The molecule has 2 saturated heterocycles. The lowest BCUT2D eigenvalue weighted by molar-refractivity contribution is -0.164. The third-order valence-corrected chi connectivity index (χ3v) is 8.82. The molecule has 0 saturated carbocycles. The number of ether oxygens (including phenoxy) is 2. The van der Waals surface area contributed by atoms with Crippen LogP contribution in [0.4, 0.5) is 0 Å². The van der Waals surface area contributed by atoms with E-state index in [2.05, 4.69) is 10.3 Å². The van der Waals surface area contributed by atoms with Crippen molar-refractivity contribution in [3.63, 3.8) is 0 Å². The number of benzene rings is 1. The molecule has 38 heavy (non-hydrogen) atoms. The van der Waals surface area contributed by atoms with Crippen LogP contribution in [0.2, 0.25) is 0 Å². The number of carbonyl (C=O) groups is 3. The van der Waals surface area contributed by atoms with Crippen LogP contribution in [0.1, 0.15) is 56.7 Å². The van der Waals surface area contributed by atoms with Gasteiger partial charge in [-0.2, -0.15) is 0 Å². The molecule has 0 radical (unpaired) electrons. The van der Waals surface area contributed by atoms with Crippen LogP contribution >= 0.6 is 0 Å². The number of likely N-dealkylation sites (tertiary alicyclic amines) is 1. The molecule has 9 heteroatoms. The summed E-state index contributed by atoms with van der Waals surface area (Å²) in [5, 5.41) is 3.99. The first-order chi connectivity index (χ1) is 18.4. The fourth-order valence-electron chi connectivity index (χ4n) is 6.76. The van der Waals surface area contributed by atoms with Gasteiger partial charge in [-0.15, -0.1) is 0 Å². The number of nitrogens with zero attached hydrogens (tertiary/aromatic N) is 2. The number of aromatic amines is 1. The Morgan fingerprint density at radius 3 is 2.68 bits per heavy atom. The minimum Gasteiger partial charge on any atom is -0.497 e. The number of rotatable bonds is 8. The fraction of sp³-hybridized carbons (Fsp3) is 0.621. The largest absolute Gasteiger partial charge is 0.497 e. The van der Waals surface area contributed by atoms with E-state index in [1.807, 2.05) is 34.9 Å². The van der Waals surface area contributed by atoms with Crippen molar-refractivity contribution < 1.29 is 23.9 Å². The Morgan fingerprint density at radius 1 is 1.16 bits per heavy atom. The van der Waals surface area contributed by atoms with Gasteiger partial charge in [0.1, 0.15) is 5.75 Å². The van der Waals surface area contributed by atoms with Crippen molar-refractivity contribution in [3.8, 4) is 5.75 Å². The molecule has 2 N–H and O–H groups in total. The number of piperidine rings is 2. The van der Waals surface area contributed by atoms with E-state index in [1.165, 1.54) is 0 Å². The SMILES string of the molecule is COCCCNC(=O)CC1C[C@H](C(=O)N2CCCCC2)[C@@]2(C)c3[nH]c4ccc(OC)cc4c3CCN2C1=O. The Balaban J connectivity index is 1.49. The third kappa shape index (κ3) is 4.65. The summed E-state index contributed by atoms with van der Waals surface area (Å²) in [6.45, 7) is 5.14. The molecule has 5 rings (SSSR count). The molecule has 9 nitrogen and oxygen atoms in total. The first kappa shape index (κ1) is 26.5. The van der Waals surface area contributed by atoms with Crippen molar-refractivity contribution in [1.29, 1.82) is 0 Å². The van der Waals surface area contributed by atoms with Gasteiger partial charge in [0.15, 0.2) is 0 Å². The van der Waals surface area contributed by atoms with Gasteiger partial charge in [-0.1, -0.05) is 0 Å². The summed E-state index contributed by atoms with van der Waals surface area (Å²) in [7, 11) is 3.29. The van der Waals surface area contributed by atoms with Gasteiger partial charge < -0.3 is 29.6 Å². The van der Waals surface area contributed by atoms with E-state index in [1.54, 1.807) is 14.2 Å². The Kier molecular flexibility index (Phi) is 7.66. The van der Waals surface area contributed by atoms with Crippen LogP contribution in [0.5, 0.6) is 5.75 Å². The first-order valence-corrected chi connectivity index (χ1v) is 13.9. The van der Waals surface area contributed by atoms with E-state index in [4.69, 9.17) is 9.47 Å². The second kappa shape index (κ2) is 11.0. The highest BCUT2D eigenvalue weighted by atomic mass is 16.5. The number of aromatic nitrogens is 1. The Bertz CT molecular complexity index is 1200. The molecular weight excluding hydrogens is 484 g/mol. The van der Waals surface area contributed by atoms with Crippen molar-refractivity contribution in [3.05, 3.63) is 29.5 Å². The number of amides is 3. The topological polar surface area (TPSA) is 104 Å². The van der Waals surface area contributed by atoms with E-state index in [0.29, 0.717) is 32.5 Å². The van der Waals surface area contributed by atoms with Gasteiger partial charge in [-0.05, 0) is 69.2 Å². The summed E-state index contributed by atoms with van der Waals surface area (Å²) >= 11 is 0. The lowest BCUT2D eigenvalue weighted by Gasteiger charge is -2.54. The quantitative estimate of drug-likeness (QED) is 0.517. The first-order valence-electron chi connectivity index (χ1n) is 13.9. The Hall–Kier alpha value is -3.07. The number of carbonyl (C=O) groups excluding carboxylic acids is 3. The summed E-state index contributed by atoms with van der Waals surface area (Å²) in [6.07, 6.45) is 5.00. The molecule has 206 valence electrons. The van der Waals surface area contributed by atoms with Gasteiger partial charge in [-0.3, -0.25) is 14.4 Å². The van der Waals surface area contributed by atoms with Gasteiger partial charge >= 0.3 is 0 Å². The van der Waals surface area contributed by atoms with Crippen molar-refractivity contribution in [2.24, 2.45) is 11.8 Å². The smallest absolute Gasteiger partial charge is 0.228 e. The Labute approximate surface area is 224 Å². The van der Waals surface area contributed by atoms with Crippen LogP contribution in [-0.4, -0.2) is 79.5 Å². The van der Waals surface area contributed by atoms with Crippen molar-refractivity contribution in [1.82, 2.24) is 20.1 Å². The summed E-state index contributed by atoms with van der Waals surface area (Å²) in [4.78, 5) is 48.3. The molecule has 1 unspecified atom stereocenters. The van der Waals surface area contributed by atoms with Crippen molar-refractivity contribution in [2.75, 3.05) is 47.0 Å². The summed E-state index contributed by atoms with van der Waals surface area (Å²) < 4.78 is 10.5. The van der Waals surface area contributed by atoms with Gasteiger partial charge in [0, 0.05) is 68.8 Å². The third-order valence-electron chi connectivity index (χ3n) is 8.82. The zero-order chi connectivity index (χ0) is 26.9. The number of methoxy groups -OCH3 is 2. The second-order valence-corrected chi connectivity index (χ2v) is 11.0. The maximum atomic E-state index is 14.2. The van der Waals surface area contributed by atoms with E-state index in [0.717, 1.165) is 66.7 Å². The molecule has 0 aliphatic carbocycles. The van der Waals surface area contributed by atoms with Gasteiger partial charge in [0.05, 0.1) is 18.6 Å². The highest BCUT2D eigenvalue weighted by Crippen LogP contribution is 2.50. The van der Waals surface area contributed by atoms with Crippen molar-refractivity contribution >= 4 is 28.6 Å². The molecule has 3 atom stereocenters. The maximum absolute atomic E-state index is 14.2. The number of hydrogen-bond acceptors (Lipinski definition) is 5. The summed E-state index contributed by atoms with van der Waals surface area (Å²) in [6, 6.07) is 5.96. The summed E-state index contributed by atoms with van der Waals surface area (Å²) in [5.41, 5.74) is 2.26. The number of fused-ring (bicyclic) bond motifs is 5. The highest BCUT2D eigenvalue weighted by Gasteiger charge is 2.57. The highest BCUT2D eigenvalue weighted by molar-refractivity contribution is 5.93.